The van der Waals surface area contributed by atoms with Crippen molar-refractivity contribution in [2.24, 2.45) is 0 Å². The molecule has 0 aromatic heterocycles. The Bertz CT molecular complexity index is 503. The Morgan fingerprint density at radius 3 is 2.60 bits per heavy atom. The van der Waals surface area contributed by atoms with Gasteiger partial charge in [-0.2, -0.15) is 0 Å². The summed E-state index contributed by atoms with van der Waals surface area (Å²) in [5.41, 5.74) is 1.22. The third-order valence-electron chi connectivity index (χ3n) is 2.56. The molecule has 0 fully saturated rings. The minimum absolute atomic E-state index is 0.355. The van der Waals surface area contributed by atoms with E-state index in [0.717, 1.165) is 5.39 Å². The van der Waals surface area contributed by atoms with E-state index in [1.54, 1.807) is 0 Å². The molecule has 2 heteroatoms. The Labute approximate surface area is 103 Å². The van der Waals surface area contributed by atoms with Crippen LogP contribution in [0.3, 0.4) is 0 Å². The third kappa shape index (κ3) is 1.95. The third-order valence-corrected chi connectivity index (χ3v) is 3.46. The molecule has 1 N–H and O–H groups in total. The molecule has 0 aliphatic heterocycles. The number of hydrogen-bond donors (Lipinski definition) is 1. The minimum Gasteiger partial charge on any atom is -0.508 e. The smallest absolute Gasteiger partial charge is 0.116 e. The summed E-state index contributed by atoms with van der Waals surface area (Å²) in [6.45, 7) is 4.30. The number of benzene rings is 2. The quantitative estimate of drug-likeness (QED) is 0.780. The fourth-order valence-electron chi connectivity index (χ4n) is 1.85. The van der Waals surface area contributed by atoms with Gasteiger partial charge in [-0.1, -0.05) is 26.0 Å². The molecule has 1 nitrogen and oxygen atoms in total. The lowest BCUT2D eigenvalue weighted by molar-refractivity contribution is 0.475. The van der Waals surface area contributed by atoms with Gasteiger partial charge in [0.05, 0.1) is 0 Å². The summed E-state index contributed by atoms with van der Waals surface area (Å²) in [6, 6.07) is 9.86. The van der Waals surface area contributed by atoms with Crippen molar-refractivity contribution < 1.29 is 5.11 Å². The van der Waals surface area contributed by atoms with Crippen molar-refractivity contribution in [3.8, 4) is 5.75 Å². The van der Waals surface area contributed by atoms with E-state index in [4.69, 9.17) is 0 Å². The van der Waals surface area contributed by atoms with Crippen molar-refractivity contribution in [3.05, 3.63) is 39.5 Å². The highest BCUT2D eigenvalue weighted by molar-refractivity contribution is 14.1. The average Bonchev–Trinajstić information content (AvgIpc) is 2.16. The molecule has 0 saturated carbocycles. The van der Waals surface area contributed by atoms with E-state index in [2.05, 4.69) is 42.5 Å². The van der Waals surface area contributed by atoms with Gasteiger partial charge >= 0.3 is 0 Å². The molecule has 0 saturated heterocycles. The summed E-state index contributed by atoms with van der Waals surface area (Å²) < 4.78 is 1.24. The highest BCUT2D eigenvalue weighted by atomic mass is 127. The lowest BCUT2D eigenvalue weighted by Gasteiger charge is -2.12. The molecular weight excluding hydrogens is 299 g/mol. The van der Waals surface area contributed by atoms with Crippen LogP contribution in [-0.2, 0) is 0 Å². The molecule has 2 aromatic carbocycles. The van der Waals surface area contributed by atoms with E-state index in [0.29, 0.717) is 11.7 Å². The maximum absolute atomic E-state index is 9.65. The number of fused-ring (bicyclic) bond motifs is 1. The van der Waals surface area contributed by atoms with Crippen LogP contribution in [-0.4, -0.2) is 5.11 Å². The molecule has 2 rings (SSSR count). The number of phenols is 1. The van der Waals surface area contributed by atoms with Crippen LogP contribution >= 0.6 is 22.6 Å². The van der Waals surface area contributed by atoms with Gasteiger partial charge in [0.2, 0.25) is 0 Å². The van der Waals surface area contributed by atoms with E-state index in [1.165, 1.54) is 14.5 Å². The standard InChI is InChI=1S/C13H13IO/c1-8(2)11-7-10(15)6-9-4-3-5-12(14)13(9)11/h3-8,15H,1-2H3. The van der Waals surface area contributed by atoms with Crippen LogP contribution in [0.25, 0.3) is 10.8 Å². The molecule has 0 bridgehead atoms. The number of rotatable bonds is 1. The van der Waals surface area contributed by atoms with E-state index < -0.39 is 0 Å². The lowest BCUT2D eigenvalue weighted by Crippen LogP contribution is -1.91. The summed E-state index contributed by atoms with van der Waals surface area (Å²) in [4.78, 5) is 0. The second kappa shape index (κ2) is 4.00. The molecule has 2 aromatic rings. The Hall–Kier alpha value is -0.770. The van der Waals surface area contributed by atoms with Crippen LogP contribution < -0.4 is 0 Å². The van der Waals surface area contributed by atoms with Crippen molar-refractivity contribution in [1.82, 2.24) is 0 Å². The van der Waals surface area contributed by atoms with Crippen LogP contribution in [0.15, 0.2) is 30.3 Å². The summed E-state index contributed by atoms with van der Waals surface area (Å²) in [6.07, 6.45) is 0. The van der Waals surface area contributed by atoms with Crippen LogP contribution in [0.1, 0.15) is 25.3 Å². The molecule has 0 aliphatic carbocycles. The summed E-state index contributed by atoms with van der Waals surface area (Å²) in [5.74, 6) is 0.781. The summed E-state index contributed by atoms with van der Waals surface area (Å²) >= 11 is 2.35. The predicted octanol–water partition coefficient (Wildman–Crippen LogP) is 4.27. The van der Waals surface area contributed by atoms with Crippen molar-refractivity contribution in [3.63, 3.8) is 0 Å². The fraction of sp³-hybridized carbons (Fsp3) is 0.231. The Kier molecular flexibility index (Phi) is 2.87. The van der Waals surface area contributed by atoms with Crippen LogP contribution in [0.5, 0.6) is 5.75 Å². The SMILES string of the molecule is CC(C)c1cc(O)cc2cccc(I)c12. The fourth-order valence-corrected chi connectivity index (χ4v) is 2.68. The predicted molar refractivity (Wildman–Crippen MR) is 72.4 cm³/mol. The molecular formula is C13H13IO. The zero-order valence-corrected chi connectivity index (χ0v) is 10.9. The van der Waals surface area contributed by atoms with Gasteiger partial charge in [0, 0.05) is 3.57 Å². The highest BCUT2D eigenvalue weighted by Gasteiger charge is 2.09. The minimum atomic E-state index is 0.355. The summed E-state index contributed by atoms with van der Waals surface area (Å²) in [5, 5.41) is 12.0. The number of halogens is 1. The molecule has 0 spiro atoms. The van der Waals surface area contributed by atoms with Crippen molar-refractivity contribution in [2.75, 3.05) is 0 Å². The van der Waals surface area contributed by atoms with Crippen LogP contribution in [0.2, 0.25) is 0 Å². The van der Waals surface area contributed by atoms with Crippen molar-refractivity contribution >= 4 is 33.4 Å². The van der Waals surface area contributed by atoms with Crippen LogP contribution in [0, 0.1) is 3.57 Å². The topological polar surface area (TPSA) is 20.2 Å². The highest BCUT2D eigenvalue weighted by Crippen LogP contribution is 2.32. The number of aromatic hydroxyl groups is 1. The zero-order valence-electron chi connectivity index (χ0n) is 8.79. The maximum atomic E-state index is 9.65. The van der Waals surface area contributed by atoms with Gasteiger partial charge in [0.15, 0.2) is 0 Å². The monoisotopic (exact) mass is 312 g/mol. The molecule has 0 radical (unpaired) electrons. The van der Waals surface area contributed by atoms with Gasteiger partial charge in [0.25, 0.3) is 0 Å². The van der Waals surface area contributed by atoms with Crippen molar-refractivity contribution in [2.45, 2.75) is 19.8 Å². The Morgan fingerprint density at radius 1 is 1.20 bits per heavy atom. The normalized spacial score (nSPS) is 11.2. The van der Waals surface area contributed by atoms with Gasteiger partial charge in [-0.25, -0.2) is 0 Å². The second-order valence-electron chi connectivity index (χ2n) is 4.03. The van der Waals surface area contributed by atoms with Gasteiger partial charge < -0.3 is 5.11 Å². The number of phenolic OH excluding ortho intramolecular Hbond substituents is 1. The maximum Gasteiger partial charge on any atom is 0.116 e. The van der Waals surface area contributed by atoms with Gasteiger partial charge in [-0.15, -0.1) is 0 Å². The second-order valence-corrected chi connectivity index (χ2v) is 5.19. The molecule has 0 aliphatic rings. The zero-order chi connectivity index (χ0) is 11.0. The van der Waals surface area contributed by atoms with Crippen LogP contribution in [0.4, 0.5) is 0 Å². The van der Waals surface area contributed by atoms with E-state index in [9.17, 15) is 5.11 Å². The molecule has 15 heavy (non-hydrogen) atoms. The van der Waals surface area contributed by atoms with E-state index >= 15 is 0 Å². The molecule has 0 atom stereocenters. The first-order valence-corrected chi connectivity index (χ1v) is 6.08. The first-order valence-electron chi connectivity index (χ1n) is 5.00. The molecule has 0 amide bonds. The lowest BCUT2D eigenvalue weighted by atomic mass is 9.96. The van der Waals surface area contributed by atoms with E-state index in [-0.39, 0.29) is 0 Å². The molecule has 0 unspecified atom stereocenters. The Balaban J connectivity index is 2.88. The largest absolute Gasteiger partial charge is 0.508 e. The molecule has 0 heterocycles. The van der Waals surface area contributed by atoms with Gasteiger partial charge in [-0.05, 0) is 63.0 Å². The first-order chi connectivity index (χ1) is 7.09. The molecule has 78 valence electrons. The number of hydrogen-bond acceptors (Lipinski definition) is 1. The van der Waals surface area contributed by atoms with Gasteiger partial charge in [-0.3, -0.25) is 0 Å². The van der Waals surface area contributed by atoms with E-state index in [1.807, 2.05) is 24.3 Å². The summed E-state index contributed by atoms with van der Waals surface area (Å²) in [7, 11) is 0. The van der Waals surface area contributed by atoms with Crippen molar-refractivity contribution in [1.29, 1.82) is 0 Å². The first kappa shape index (κ1) is 10.7. The Morgan fingerprint density at radius 2 is 1.93 bits per heavy atom. The van der Waals surface area contributed by atoms with Gasteiger partial charge in [0.1, 0.15) is 5.75 Å². The average molecular weight is 312 g/mol.